The van der Waals surface area contributed by atoms with Crippen LogP contribution in [0.5, 0.6) is 0 Å². The summed E-state index contributed by atoms with van der Waals surface area (Å²) in [6.45, 7) is 0. The molecule has 0 spiro atoms. The first kappa shape index (κ1) is 16.3. The smallest absolute Gasteiger partial charge is 0.166 e. The van der Waals surface area contributed by atoms with E-state index in [1.807, 2.05) is 6.08 Å². The molecule has 0 aromatic heterocycles. The number of hydrogen-bond acceptors (Lipinski definition) is 0. The molecule has 0 saturated carbocycles. The average Bonchev–Trinajstić information content (AvgIpc) is 2.37. The SMILES string of the molecule is FC(F)(F)c1ccccc1[SiH2]CC=CCCCCCl. The fourth-order valence-electron chi connectivity index (χ4n) is 1.85. The predicted octanol–water partition coefficient (Wildman–Crippen LogP) is 3.88. The van der Waals surface area contributed by atoms with Gasteiger partial charge >= 0.3 is 6.18 Å². The van der Waals surface area contributed by atoms with E-state index in [2.05, 4.69) is 6.08 Å². The molecule has 1 aromatic carbocycles. The molecule has 0 unspecified atom stereocenters. The minimum Gasteiger partial charge on any atom is -0.166 e. The lowest BCUT2D eigenvalue weighted by Crippen LogP contribution is -2.24. The number of halogens is 4. The van der Waals surface area contributed by atoms with Gasteiger partial charge in [0.05, 0.1) is 15.1 Å². The van der Waals surface area contributed by atoms with Gasteiger partial charge in [0.15, 0.2) is 0 Å². The van der Waals surface area contributed by atoms with Crippen molar-refractivity contribution in [1.29, 1.82) is 0 Å². The van der Waals surface area contributed by atoms with E-state index in [4.69, 9.17) is 11.6 Å². The summed E-state index contributed by atoms with van der Waals surface area (Å²) in [6.07, 6.45) is 2.82. The first-order chi connectivity index (χ1) is 9.05. The summed E-state index contributed by atoms with van der Waals surface area (Å²) in [4.78, 5) is 0. The highest BCUT2D eigenvalue weighted by Crippen LogP contribution is 2.27. The molecule has 0 aliphatic carbocycles. The molecule has 0 atom stereocenters. The maximum Gasteiger partial charge on any atom is 0.416 e. The maximum atomic E-state index is 12.8. The molecule has 0 radical (unpaired) electrons. The van der Waals surface area contributed by atoms with Crippen molar-refractivity contribution in [1.82, 2.24) is 0 Å². The third-order valence-corrected chi connectivity index (χ3v) is 4.87. The molecule has 0 amide bonds. The molecule has 0 bridgehead atoms. The number of allylic oxidation sites excluding steroid dienone is 2. The summed E-state index contributed by atoms with van der Waals surface area (Å²) in [5, 5.41) is 0.500. The van der Waals surface area contributed by atoms with Gasteiger partial charge in [-0.2, -0.15) is 13.2 Å². The van der Waals surface area contributed by atoms with Crippen molar-refractivity contribution in [2.75, 3.05) is 5.88 Å². The predicted molar refractivity (Wildman–Crippen MR) is 78.1 cm³/mol. The molecule has 0 fully saturated rings. The van der Waals surface area contributed by atoms with Gasteiger partial charge < -0.3 is 0 Å². The van der Waals surface area contributed by atoms with Gasteiger partial charge in [-0.05, 0) is 25.3 Å². The molecule has 0 nitrogen and oxygen atoms in total. The standard InChI is InChI=1S/C14H18ClF3Si/c15-10-6-2-1-3-7-11-19-13-9-5-4-8-12(13)14(16,17)18/h3-5,7-9H,1-2,6,10-11,19H2. The van der Waals surface area contributed by atoms with Crippen LogP contribution in [0.3, 0.4) is 0 Å². The fourth-order valence-corrected chi connectivity index (χ4v) is 3.64. The van der Waals surface area contributed by atoms with Crippen LogP contribution < -0.4 is 5.19 Å². The van der Waals surface area contributed by atoms with Crippen molar-refractivity contribution >= 4 is 26.3 Å². The molecular weight excluding hydrogens is 289 g/mol. The Hall–Kier alpha value is -0.743. The Morgan fingerprint density at radius 2 is 1.84 bits per heavy atom. The quantitative estimate of drug-likeness (QED) is 0.310. The van der Waals surface area contributed by atoms with Crippen LogP contribution in [0.15, 0.2) is 36.4 Å². The van der Waals surface area contributed by atoms with Gasteiger partial charge in [-0.25, -0.2) is 0 Å². The Labute approximate surface area is 119 Å². The van der Waals surface area contributed by atoms with Crippen molar-refractivity contribution in [3.8, 4) is 0 Å². The van der Waals surface area contributed by atoms with Crippen LogP contribution in [0.1, 0.15) is 24.8 Å². The van der Waals surface area contributed by atoms with E-state index >= 15 is 0 Å². The first-order valence-electron chi connectivity index (χ1n) is 6.41. The number of hydrogen-bond donors (Lipinski definition) is 0. The molecule has 0 saturated heterocycles. The van der Waals surface area contributed by atoms with Crippen molar-refractivity contribution in [2.24, 2.45) is 0 Å². The number of alkyl halides is 4. The molecule has 0 heterocycles. The summed E-state index contributed by atoms with van der Waals surface area (Å²) in [7, 11) is -0.892. The zero-order valence-electron chi connectivity index (χ0n) is 10.7. The van der Waals surface area contributed by atoms with E-state index in [9.17, 15) is 13.2 Å². The second-order valence-corrected chi connectivity index (χ2v) is 6.57. The molecule has 1 rings (SSSR count). The highest BCUT2D eigenvalue weighted by Gasteiger charge is 2.32. The topological polar surface area (TPSA) is 0 Å². The highest BCUT2D eigenvalue weighted by atomic mass is 35.5. The monoisotopic (exact) mass is 306 g/mol. The van der Waals surface area contributed by atoms with Gasteiger partial charge in [0, 0.05) is 5.88 Å². The normalized spacial score (nSPS) is 12.8. The van der Waals surface area contributed by atoms with Crippen LogP contribution in [0, 0.1) is 0 Å². The van der Waals surface area contributed by atoms with Crippen LogP contribution in [0.4, 0.5) is 13.2 Å². The van der Waals surface area contributed by atoms with Crippen molar-refractivity contribution in [3.63, 3.8) is 0 Å². The molecule has 1 aromatic rings. The molecular formula is C14H18ClF3Si. The Bertz CT molecular complexity index is 402. The Kier molecular flexibility index (Phi) is 7.24. The second-order valence-electron chi connectivity index (χ2n) is 4.35. The zero-order chi connectivity index (χ0) is 14.1. The second kappa shape index (κ2) is 8.43. The van der Waals surface area contributed by atoms with E-state index in [1.54, 1.807) is 12.1 Å². The van der Waals surface area contributed by atoms with E-state index in [0.29, 0.717) is 11.1 Å². The van der Waals surface area contributed by atoms with Gasteiger partial charge in [0.1, 0.15) is 0 Å². The molecule has 106 valence electrons. The molecule has 5 heteroatoms. The summed E-state index contributed by atoms with van der Waals surface area (Å²) in [5.74, 6) is 0.668. The number of benzene rings is 1. The molecule has 0 N–H and O–H groups in total. The van der Waals surface area contributed by atoms with Crippen molar-refractivity contribution in [2.45, 2.75) is 31.5 Å². The zero-order valence-corrected chi connectivity index (χ0v) is 12.9. The molecule has 0 aliphatic heterocycles. The molecule has 0 aliphatic rings. The highest BCUT2D eigenvalue weighted by molar-refractivity contribution is 6.54. The van der Waals surface area contributed by atoms with Crippen LogP contribution in [0.2, 0.25) is 6.04 Å². The minimum absolute atomic E-state index is 0.461. The van der Waals surface area contributed by atoms with Crippen LogP contribution in [-0.2, 0) is 6.18 Å². The van der Waals surface area contributed by atoms with E-state index in [-0.39, 0.29) is 0 Å². The average molecular weight is 307 g/mol. The summed E-state index contributed by atoms with van der Waals surface area (Å²) < 4.78 is 38.3. The van der Waals surface area contributed by atoms with Crippen molar-refractivity contribution in [3.05, 3.63) is 42.0 Å². The van der Waals surface area contributed by atoms with Gasteiger partial charge in [-0.15, -0.1) is 11.6 Å². The number of unbranched alkanes of at least 4 members (excludes halogenated alkanes) is 2. The van der Waals surface area contributed by atoms with Crippen LogP contribution >= 0.6 is 11.6 Å². The lowest BCUT2D eigenvalue weighted by atomic mass is 10.2. The van der Waals surface area contributed by atoms with Crippen LogP contribution in [-0.4, -0.2) is 15.4 Å². The third-order valence-electron chi connectivity index (χ3n) is 2.82. The van der Waals surface area contributed by atoms with Gasteiger partial charge in [0.2, 0.25) is 0 Å². The summed E-state index contributed by atoms with van der Waals surface area (Å²) in [5.41, 5.74) is -0.461. The van der Waals surface area contributed by atoms with Gasteiger partial charge in [0.25, 0.3) is 0 Å². The van der Waals surface area contributed by atoms with Crippen LogP contribution in [0.25, 0.3) is 0 Å². The Morgan fingerprint density at radius 1 is 1.11 bits per heavy atom. The van der Waals surface area contributed by atoms with Crippen molar-refractivity contribution < 1.29 is 13.2 Å². The largest absolute Gasteiger partial charge is 0.416 e. The Balaban J connectivity index is 2.45. The lowest BCUT2D eigenvalue weighted by Gasteiger charge is -2.11. The maximum absolute atomic E-state index is 12.8. The minimum atomic E-state index is -4.23. The molecule has 19 heavy (non-hydrogen) atoms. The van der Waals surface area contributed by atoms with Gasteiger partial charge in [-0.1, -0.05) is 41.6 Å². The first-order valence-corrected chi connectivity index (χ1v) is 8.66. The van der Waals surface area contributed by atoms with Gasteiger partial charge in [-0.3, -0.25) is 0 Å². The van der Waals surface area contributed by atoms with E-state index in [1.165, 1.54) is 12.1 Å². The van der Waals surface area contributed by atoms with E-state index < -0.39 is 21.3 Å². The van der Waals surface area contributed by atoms with E-state index in [0.717, 1.165) is 25.3 Å². The Morgan fingerprint density at radius 3 is 2.53 bits per heavy atom. The number of rotatable bonds is 7. The summed E-state index contributed by atoms with van der Waals surface area (Å²) in [6, 6.07) is 6.68. The third kappa shape index (κ3) is 6.30. The summed E-state index contributed by atoms with van der Waals surface area (Å²) >= 11 is 5.56. The fraction of sp³-hybridized carbons (Fsp3) is 0.429. The lowest BCUT2D eigenvalue weighted by molar-refractivity contribution is -0.136.